The zero-order valence-electron chi connectivity index (χ0n) is 11.8. The summed E-state index contributed by atoms with van der Waals surface area (Å²) < 4.78 is 0. The van der Waals surface area contributed by atoms with Crippen LogP contribution < -0.4 is 11.1 Å². The van der Waals surface area contributed by atoms with Gasteiger partial charge in [-0.25, -0.2) is 4.98 Å². The number of aryl methyl sites for hydroxylation is 1. The minimum atomic E-state index is 0.422. The standard InChI is InChI=1S/C14H22N4S/c1-9-6-11(14(15)19)8-13(16-9)17-12-4-5-18(3)10(2)7-12/h6,8,10,12H,4-5,7H2,1-3H3,(H2,15,19)(H,16,17). The predicted molar refractivity (Wildman–Crippen MR) is 83.6 cm³/mol. The zero-order valence-corrected chi connectivity index (χ0v) is 12.6. The second-order valence-electron chi connectivity index (χ2n) is 5.44. The third-order valence-electron chi connectivity index (χ3n) is 3.80. The highest BCUT2D eigenvalue weighted by Gasteiger charge is 2.22. The maximum Gasteiger partial charge on any atom is 0.127 e. The molecule has 0 aromatic carbocycles. The van der Waals surface area contributed by atoms with Crippen molar-refractivity contribution in [3.63, 3.8) is 0 Å². The molecule has 1 aromatic heterocycles. The lowest BCUT2D eigenvalue weighted by molar-refractivity contribution is 0.190. The van der Waals surface area contributed by atoms with E-state index in [2.05, 4.69) is 29.2 Å². The Morgan fingerprint density at radius 1 is 1.53 bits per heavy atom. The average molecular weight is 278 g/mol. The number of hydrogen-bond donors (Lipinski definition) is 2. The molecule has 104 valence electrons. The number of nitrogens with one attached hydrogen (secondary N) is 1. The van der Waals surface area contributed by atoms with Crippen molar-refractivity contribution in [2.45, 2.75) is 38.8 Å². The van der Waals surface area contributed by atoms with Gasteiger partial charge in [-0.3, -0.25) is 0 Å². The number of aromatic nitrogens is 1. The van der Waals surface area contributed by atoms with Crippen molar-refractivity contribution in [1.82, 2.24) is 9.88 Å². The van der Waals surface area contributed by atoms with Crippen LogP contribution in [0.4, 0.5) is 5.82 Å². The Kier molecular flexibility index (Phi) is 4.37. The molecular formula is C14H22N4S. The molecule has 0 spiro atoms. The Hall–Kier alpha value is -1.20. The fraction of sp³-hybridized carbons (Fsp3) is 0.571. The van der Waals surface area contributed by atoms with Crippen LogP contribution in [0, 0.1) is 6.92 Å². The van der Waals surface area contributed by atoms with E-state index >= 15 is 0 Å². The van der Waals surface area contributed by atoms with E-state index < -0.39 is 0 Å². The van der Waals surface area contributed by atoms with E-state index in [1.807, 2.05) is 19.1 Å². The van der Waals surface area contributed by atoms with Gasteiger partial charge in [-0.2, -0.15) is 0 Å². The van der Waals surface area contributed by atoms with Crippen LogP contribution in [0.1, 0.15) is 31.0 Å². The van der Waals surface area contributed by atoms with Crippen molar-refractivity contribution >= 4 is 23.0 Å². The van der Waals surface area contributed by atoms with Gasteiger partial charge in [-0.1, -0.05) is 12.2 Å². The van der Waals surface area contributed by atoms with E-state index in [4.69, 9.17) is 18.0 Å². The summed E-state index contributed by atoms with van der Waals surface area (Å²) in [7, 11) is 2.18. The average Bonchev–Trinajstić information content (AvgIpc) is 2.33. The van der Waals surface area contributed by atoms with Crippen molar-refractivity contribution in [1.29, 1.82) is 0 Å². The first-order chi connectivity index (χ1) is 8.95. The molecule has 1 saturated heterocycles. The van der Waals surface area contributed by atoms with Gasteiger partial charge in [0.05, 0.1) is 0 Å². The molecule has 0 bridgehead atoms. The third-order valence-corrected chi connectivity index (χ3v) is 4.03. The first kappa shape index (κ1) is 14.2. The maximum absolute atomic E-state index is 5.69. The van der Waals surface area contributed by atoms with E-state index in [1.54, 1.807) is 0 Å². The molecule has 2 unspecified atom stereocenters. The number of anilines is 1. The molecule has 1 aliphatic rings. The molecule has 1 aromatic rings. The van der Waals surface area contributed by atoms with Crippen LogP contribution >= 0.6 is 12.2 Å². The summed E-state index contributed by atoms with van der Waals surface area (Å²) in [6.07, 6.45) is 2.27. The van der Waals surface area contributed by atoms with Crippen LogP contribution in [-0.4, -0.2) is 40.5 Å². The molecule has 2 heterocycles. The van der Waals surface area contributed by atoms with Gasteiger partial charge in [0.2, 0.25) is 0 Å². The molecule has 1 fully saturated rings. The van der Waals surface area contributed by atoms with Crippen LogP contribution in [0.2, 0.25) is 0 Å². The predicted octanol–water partition coefficient (Wildman–Crippen LogP) is 1.92. The monoisotopic (exact) mass is 278 g/mol. The summed E-state index contributed by atoms with van der Waals surface area (Å²) in [6, 6.07) is 4.94. The van der Waals surface area contributed by atoms with Gasteiger partial charge >= 0.3 is 0 Å². The molecule has 0 aliphatic carbocycles. The molecule has 0 radical (unpaired) electrons. The second kappa shape index (κ2) is 5.84. The number of nitrogens with two attached hydrogens (primary N) is 1. The largest absolute Gasteiger partial charge is 0.389 e. The van der Waals surface area contributed by atoms with Crippen molar-refractivity contribution in [3.8, 4) is 0 Å². The van der Waals surface area contributed by atoms with Gasteiger partial charge in [0.25, 0.3) is 0 Å². The van der Waals surface area contributed by atoms with Crippen LogP contribution in [0.15, 0.2) is 12.1 Å². The molecule has 3 N–H and O–H groups in total. The first-order valence-corrected chi connectivity index (χ1v) is 7.12. The number of nitrogens with zero attached hydrogens (tertiary/aromatic N) is 2. The Bertz CT molecular complexity index is 475. The number of hydrogen-bond acceptors (Lipinski definition) is 4. The summed E-state index contributed by atoms with van der Waals surface area (Å²) >= 11 is 5.04. The summed E-state index contributed by atoms with van der Waals surface area (Å²) in [5, 5.41) is 3.51. The maximum atomic E-state index is 5.69. The minimum absolute atomic E-state index is 0.422. The molecule has 2 atom stereocenters. The Labute approximate surface area is 120 Å². The van der Waals surface area contributed by atoms with Gasteiger partial charge in [0.15, 0.2) is 0 Å². The van der Waals surface area contributed by atoms with Gasteiger partial charge in [0.1, 0.15) is 10.8 Å². The lowest BCUT2D eigenvalue weighted by atomic mass is 9.99. The smallest absolute Gasteiger partial charge is 0.127 e. The van der Waals surface area contributed by atoms with Crippen LogP contribution in [0.25, 0.3) is 0 Å². The lowest BCUT2D eigenvalue weighted by Gasteiger charge is -2.35. The molecule has 4 nitrogen and oxygen atoms in total. The highest BCUT2D eigenvalue weighted by atomic mass is 32.1. The lowest BCUT2D eigenvalue weighted by Crippen LogP contribution is -2.42. The Balaban J connectivity index is 2.09. The number of rotatable bonds is 3. The van der Waals surface area contributed by atoms with Gasteiger partial charge in [0, 0.05) is 29.9 Å². The topological polar surface area (TPSA) is 54.2 Å². The number of piperidine rings is 1. The quantitative estimate of drug-likeness (QED) is 0.827. The Morgan fingerprint density at radius 3 is 2.89 bits per heavy atom. The molecular weight excluding hydrogens is 256 g/mol. The van der Waals surface area contributed by atoms with Crippen molar-refractivity contribution in [2.75, 3.05) is 18.9 Å². The van der Waals surface area contributed by atoms with E-state index in [9.17, 15) is 0 Å². The summed E-state index contributed by atoms with van der Waals surface area (Å²) in [4.78, 5) is 7.33. The van der Waals surface area contributed by atoms with Gasteiger partial charge in [-0.05, 0) is 45.9 Å². The van der Waals surface area contributed by atoms with E-state index in [1.165, 1.54) is 0 Å². The van der Waals surface area contributed by atoms with Gasteiger partial charge < -0.3 is 16.0 Å². The van der Waals surface area contributed by atoms with Crippen molar-refractivity contribution in [3.05, 3.63) is 23.4 Å². The second-order valence-corrected chi connectivity index (χ2v) is 5.88. The first-order valence-electron chi connectivity index (χ1n) is 6.71. The van der Waals surface area contributed by atoms with Crippen LogP contribution in [-0.2, 0) is 0 Å². The zero-order chi connectivity index (χ0) is 14.0. The molecule has 0 saturated carbocycles. The van der Waals surface area contributed by atoms with Crippen LogP contribution in [0.3, 0.4) is 0 Å². The highest BCUT2D eigenvalue weighted by Crippen LogP contribution is 2.20. The summed E-state index contributed by atoms with van der Waals surface area (Å²) in [5.41, 5.74) is 7.51. The fourth-order valence-electron chi connectivity index (χ4n) is 2.51. The fourth-order valence-corrected chi connectivity index (χ4v) is 2.63. The van der Waals surface area contributed by atoms with E-state index in [-0.39, 0.29) is 0 Å². The summed E-state index contributed by atoms with van der Waals surface area (Å²) in [6.45, 7) is 5.34. The molecule has 19 heavy (non-hydrogen) atoms. The van der Waals surface area contributed by atoms with Gasteiger partial charge in [-0.15, -0.1) is 0 Å². The number of pyridine rings is 1. The molecule has 2 rings (SSSR count). The summed E-state index contributed by atoms with van der Waals surface area (Å²) in [5.74, 6) is 0.879. The number of thiocarbonyl (C=S) groups is 1. The molecule has 0 amide bonds. The molecule has 5 heteroatoms. The normalized spacial score (nSPS) is 24.2. The van der Waals surface area contributed by atoms with Crippen molar-refractivity contribution in [2.24, 2.45) is 5.73 Å². The van der Waals surface area contributed by atoms with Crippen molar-refractivity contribution < 1.29 is 0 Å². The number of likely N-dealkylation sites (tertiary alicyclic amines) is 1. The minimum Gasteiger partial charge on any atom is -0.389 e. The third kappa shape index (κ3) is 3.64. The SMILES string of the molecule is Cc1cc(C(N)=S)cc(NC2CCN(C)C(C)C2)n1. The van der Waals surface area contributed by atoms with E-state index in [0.29, 0.717) is 17.1 Å². The van der Waals surface area contributed by atoms with E-state index in [0.717, 1.165) is 36.5 Å². The highest BCUT2D eigenvalue weighted by molar-refractivity contribution is 7.80. The van der Waals surface area contributed by atoms with Crippen LogP contribution in [0.5, 0.6) is 0 Å². The molecule has 1 aliphatic heterocycles. The Morgan fingerprint density at radius 2 is 2.26 bits per heavy atom.